The SMILES string of the molecule is CCNC(=NCc1ccc(C(=O)OC)cc1)NCC(CCO)CC(C)C.I. The lowest BCUT2D eigenvalue weighted by Gasteiger charge is -2.20. The molecule has 0 amide bonds. The van der Waals surface area contributed by atoms with Gasteiger partial charge in [0, 0.05) is 19.7 Å². The van der Waals surface area contributed by atoms with Crippen LogP contribution in [-0.2, 0) is 11.3 Å². The normalized spacial score (nSPS) is 12.3. The van der Waals surface area contributed by atoms with Crippen LogP contribution in [0.3, 0.4) is 0 Å². The Morgan fingerprint density at radius 2 is 1.89 bits per heavy atom. The third-order valence-corrected chi connectivity index (χ3v) is 4.04. The Morgan fingerprint density at radius 3 is 2.41 bits per heavy atom. The molecule has 1 rings (SSSR count). The summed E-state index contributed by atoms with van der Waals surface area (Å²) in [6.45, 7) is 8.71. The van der Waals surface area contributed by atoms with Gasteiger partial charge in [-0.15, -0.1) is 24.0 Å². The topological polar surface area (TPSA) is 83.0 Å². The Kier molecular flexibility index (Phi) is 13.9. The standard InChI is InChI=1S/C20H33N3O3.HI/c1-5-21-20(23-14-17(10-11-24)12-15(2)3)22-13-16-6-8-18(9-7-16)19(25)26-4;/h6-9,15,17,24H,5,10-14H2,1-4H3,(H2,21,22,23);1H. The van der Waals surface area contributed by atoms with E-state index in [2.05, 4.69) is 29.5 Å². The van der Waals surface area contributed by atoms with Crippen molar-refractivity contribution in [3.63, 3.8) is 0 Å². The highest BCUT2D eigenvalue weighted by molar-refractivity contribution is 14.0. The summed E-state index contributed by atoms with van der Waals surface area (Å²) < 4.78 is 4.70. The molecule has 7 heteroatoms. The summed E-state index contributed by atoms with van der Waals surface area (Å²) in [5.74, 6) is 1.44. The predicted molar refractivity (Wildman–Crippen MR) is 121 cm³/mol. The molecule has 0 aliphatic carbocycles. The predicted octanol–water partition coefficient (Wildman–Crippen LogP) is 3.19. The van der Waals surface area contributed by atoms with Gasteiger partial charge in [0.15, 0.2) is 5.96 Å². The highest BCUT2D eigenvalue weighted by atomic mass is 127. The molecule has 0 radical (unpaired) electrons. The van der Waals surface area contributed by atoms with Gasteiger partial charge in [-0.1, -0.05) is 26.0 Å². The average Bonchev–Trinajstić information content (AvgIpc) is 2.63. The van der Waals surface area contributed by atoms with Gasteiger partial charge in [0.1, 0.15) is 0 Å². The zero-order chi connectivity index (χ0) is 19.4. The number of carbonyl (C=O) groups excluding carboxylic acids is 1. The fourth-order valence-electron chi connectivity index (χ4n) is 2.77. The van der Waals surface area contributed by atoms with Crippen LogP contribution >= 0.6 is 24.0 Å². The minimum Gasteiger partial charge on any atom is -0.465 e. The molecule has 1 aromatic rings. The minimum absolute atomic E-state index is 0. The van der Waals surface area contributed by atoms with E-state index in [0.29, 0.717) is 23.9 Å². The molecule has 0 aromatic heterocycles. The first-order valence-corrected chi connectivity index (χ1v) is 9.30. The van der Waals surface area contributed by atoms with E-state index in [1.807, 2.05) is 19.1 Å². The van der Waals surface area contributed by atoms with E-state index in [1.165, 1.54) is 7.11 Å². The van der Waals surface area contributed by atoms with Gasteiger partial charge in [0.05, 0.1) is 19.2 Å². The van der Waals surface area contributed by atoms with Crippen molar-refractivity contribution >= 4 is 35.9 Å². The lowest BCUT2D eigenvalue weighted by atomic mass is 9.94. The number of halogens is 1. The number of aliphatic imine (C=N–C) groups is 1. The average molecular weight is 491 g/mol. The van der Waals surface area contributed by atoms with Gasteiger partial charge < -0.3 is 20.5 Å². The first-order chi connectivity index (χ1) is 12.5. The zero-order valence-corrected chi connectivity index (χ0v) is 19.2. The number of benzene rings is 1. The van der Waals surface area contributed by atoms with E-state index in [9.17, 15) is 9.90 Å². The molecule has 0 bridgehead atoms. The number of nitrogens with one attached hydrogen (secondary N) is 2. The van der Waals surface area contributed by atoms with Gasteiger partial charge in [-0.25, -0.2) is 9.79 Å². The van der Waals surface area contributed by atoms with E-state index in [0.717, 1.165) is 37.5 Å². The molecule has 0 fully saturated rings. The molecule has 0 aliphatic rings. The number of hydrogen-bond acceptors (Lipinski definition) is 4. The summed E-state index contributed by atoms with van der Waals surface area (Å²) in [7, 11) is 1.37. The number of esters is 1. The fraction of sp³-hybridized carbons (Fsp3) is 0.600. The maximum absolute atomic E-state index is 11.5. The highest BCUT2D eigenvalue weighted by Crippen LogP contribution is 2.14. The largest absolute Gasteiger partial charge is 0.465 e. The Bertz CT molecular complexity index is 562. The summed E-state index contributed by atoms with van der Waals surface area (Å²) in [6.07, 6.45) is 1.86. The molecule has 0 saturated heterocycles. The number of carbonyl (C=O) groups is 1. The van der Waals surface area contributed by atoms with Gasteiger partial charge >= 0.3 is 5.97 Å². The van der Waals surface area contributed by atoms with Crippen molar-refractivity contribution < 1.29 is 14.6 Å². The molecule has 6 nitrogen and oxygen atoms in total. The Morgan fingerprint density at radius 1 is 1.22 bits per heavy atom. The third-order valence-electron chi connectivity index (χ3n) is 4.04. The fourth-order valence-corrected chi connectivity index (χ4v) is 2.77. The molecule has 0 aliphatic heterocycles. The maximum Gasteiger partial charge on any atom is 0.337 e. The molecule has 0 spiro atoms. The first kappa shape index (κ1) is 25.6. The zero-order valence-electron chi connectivity index (χ0n) is 16.8. The number of hydrogen-bond donors (Lipinski definition) is 3. The number of guanidine groups is 1. The Labute approximate surface area is 180 Å². The molecule has 1 unspecified atom stereocenters. The van der Waals surface area contributed by atoms with Crippen LogP contribution in [0.1, 0.15) is 49.5 Å². The van der Waals surface area contributed by atoms with Crippen LogP contribution in [-0.4, -0.2) is 43.8 Å². The van der Waals surface area contributed by atoms with Crippen LogP contribution in [0.5, 0.6) is 0 Å². The number of aliphatic hydroxyl groups excluding tert-OH is 1. The number of methoxy groups -OCH3 is 1. The van der Waals surface area contributed by atoms with Crippen molar-refractivity contribution in [3.8, 4) is 0 Å². The van der Waals surface area contributed by atoms with Gasteiger partial charge in [0.25, 0.3) is 0 Å². The molecule has 0 saturated carbocycles. The van der Waals surface area contributed by atoms with Gasteiger partial charge in [-0.3, -0.25) is 0 Å². The van der Waals surface area contributed by atoms with E-state index in [-0.39, 0.29) is 36.6 Å². The van der Waals surface area contributed by atoms with E-state index in [1.54, 1.807) is 12.1 Å². The molecule has 3 N–H and O–H groups in total. The molecule has 1 aromatic carbocycles. The van der Waals surface area contributed by atoms with Crippen molar-refractivity contribution in [3.05, 3.63) is 35.4 Å². The molecule has 27 heavy (non-hydrogen) atoms. The lowest BCUT2D eigenvalue weighted by molar-refractivity contribution is 0.0600. The maximum atomic E-state index is 11.5. The number of ether oxygens (including phenoxy) is 1. The quantitative estimate of drug-likeness (QED) is 0.203. The van der Waals surface area contributed by atoms with Crippen molar-refractivity contribution in [2.24, 2.45) is 16.8 Å². The molecule has 1 atom stereocenters. The first-order valence-electron chi connectivity index (χ1n) is 9.30. The van der Waals surface area contributed by atoms with Crippen molar-refractivity contribution in [2.45, 2.75) is 40.2 Å². The van der Waals surface area contributed by atoms with E-state index in [4.69, 9.17) is 4.74 Å². The van der Waals surface area contributed by atoms with E-state index >= 15 is 0 Å². The Balaban J connectivity index is 0.00000676. The lowest BCUT2D eigenvalue weighted by Crippen LogP contribution is -2.40. The van der Waals surface area contributed by atoms with Gasteiger partial charge in [-0.2, -0.15) is 0 Å². The highest BCUT2D eigenvalue weighted by Gasteiger charge is 2.11. The minimum atomic E-state index is -0.338. The van der Waals surface area contributed by atoms with Crippen LogP contribution in [0, 0.1) is 11.8 Å². The third kappa shape index (κ3) is 10.5. The second kappa shape index (κ2) is 14.7. The van der Waals surface area contributed by atoms with Gasteiger partial charge in [-0.05, 0) is 49.3 Å². The smallest absolute Gasteiger partial charge is 0.337 e. The Hall–Kier alpha value is -1.35. The molecule has 0 heterocycles. The second-order valence-corrected chi connectivity index (χ2v) is 6.77. The monoisotopic (exact) mass is 491 g/mol. The summed E-state index contributed by atoms with van der Waals surface area (Å²) >= 11 is 0. The number of nitrogens with zero attached hydrogens (tertiary/aromatic N) is 1. The summed E-state index contributed by atoms with van der Waals surface area (Å²) in [4.78, 5) is 16.1. The summed E-state index contributed by atoms with van der Waals surface area (Å²) in [5, 5.41) is 15.9. The van der Waals surface area contributed by atoms with Crippen molar-refractivity contribution in [2.75, 3.05) is 26.8 Å². The van der Waals surface area contributed by atoms with Crippen molar-refractivity contribution in [1.82, 2.24) is 10.6 Å². The van der Waals surface area contributed by atoms with Crippen LogP contribution in [0.15, 0.2) is 29.3 Å². The van der Waals surface area contributed by atoms with Crippen LogP contribution in [0.2, 0.25) is 0 Å². The molecular formula is C20H34IN3O3. The number of aliphatic hydroxyl groups is 1. The summed E-state index contributed by atoms with van der Waals surface area (Å²) in [6, 6.07) is 7.26. The van der Waals surface area contributed by atoms with Crippen LogP contribution in [0.25, 0.3) is 0 Å². The number of rotatable bonds is 10. The van der Waals surface area contributed by atoms with Gasteiger partial charge in [0.2, 0.25) is 0 Å². The van der Waals surface area contributed by atoms with Crippen molar-refractivity contribution in [1.29, 1.82) is 0 Å². The molecular weight excluding hydrogens is 457 g/mol. The van der Waals surface area contributed by atoms with Crippen LogP contribution < -0.4 is 10.6 Å². The summed E-state index contributed by atoms with van der Waals surface area (Å²) in [5.41, 5.74) is 1.55. The molecule has 154 valence electrons. The van der Waals surface area contributed by atoms with Crippen LogP contribution in [0.4, 0.5) is 0 Å². The second-order valence-electron chi connectivity index (χ2n) is 6.77. The van der Waals surface area contributed by atoms with E-state index < -0.39 is 0 Å².